The molecular formula is C27H29N3O4S. The van der Waals surface area contributed by atoms with Crippen LogP contribution in [0.5, 0.6) is 0 Å². The van der Waals surface area contributed by atoms with E-state index in [9.17, 15) is 13.2 Å². The van der Waals surface area contributed by atoms with Crippen LogP contribution in [0.4, 0.5) is 5.69 Å². The normalized spacial score (nSPS) is 17.1. The van der Waals surface area contributed by atoms with Gasteiger partial charge in [0, 0.05) is 31.7 Å². The monoisotopic (exact) mass is 491 g/mol. The Bertz CT molecular complexity index is 1290. The number of hydrogen-bond acceptors (Lipinski definition) is 5. The number of morpholine rings is 1. The number of ether oxygens (including phenoxy) is 1. The number of sulfonamides is 1. The van der Waals surface area contributed by atoms with Crippen molar-refractivity contribution >= 4 is 21.6 Å². The van der Waals surface area contributed by atoms with Gasteiger partial charge in [-0.1, -0.05) is 54.6 Å². The number of amides is 1. The summed E-state index contributed by atoms with van der Waals surface area (Å²) in [6.45, 7) is 4.02. The molecule has 3 aromatic carbocycles. The molecule has 182 valence electrons. The summed E-state index contributed by atoms with van der Waals surface area (Å²) < 4.78 is 33.8. The van der Waals surface area contributed by atoms with Gasteiger partial charge in [-0.25, -0.2) is 8.42 Å². The van der Waals surface area contributed by atoms with E-state index < -0.39 is 10.0 Å². The maximum Gasteiger partial charge on any atom is 0.264 e. The summed E-state index contributed by atoms with van der Waals surface area (Å²) in [5.74, 6) is -0.300. The van der Waals surface area contributed by atoms with Gasteiger partial charge in [-0.3, -0.25) is 14.0 Å². The molecule has 0 saturated carbocycles. The van der Waals surface area contributed by atoms with Crippen molar-refractivity contribution in [2.75, 3.05) is 43.7 Å². The first-order valence-electron chi connectivity index (χ1n) is 11.9. The molecule has 2 heterocycles. The van der Waals surface area contributed by atoms with Gasteiger partial charge in [0.2, 0.25) is 0 Å². The van der Waals surface area contributed by atoms with Crippen LogP contribution in [0.2, 0.25) is 0 Å². The highest BCUT2D eigenvalue weighted by Crippen LogP contribution is 2.32. The second-order valence-corrected chi connectivity index (χ2v) is 10.7. The summed E-state index contributed by atoms with van der Waals surface area (Å²) in [5.41, 5.74) is 3.04. The van der Waals surface area contributed by atoms with Crippen LogP contribution in [0.25, 0.3) is 0 Å². The number of nitrogens with zero attached hydrogens (tertiary/aromatic N) is 2. The summed E-state index contributed by atoms with van der Waals surface area (Å²) in [6.07, 6.45) is 0.676. The Kier molecular flexibility index (Phi) is 6.86. The van der Waals surface area contributed by atoms with E-state index >= 15 is 0 Å². The van der Waals surface area contributed by atoms with Crippen LogP contribution in [-0.2, 0) is 21.2 Å². The number of para-hydroxylation sites is 1. The molecule has 8 heteroatoms. The zero-order valence-corrected chi connectivity index (χ0v) is 20.3. The zero-order valence-electron chi connectivity index (χ0n) is 19.5. The molecule has 3 aromatic rings. The third kappa shape index (κ3) is 5.10. The van der Waals surface area contributed by atoms with Crippen LogP contribution in [-0.4, -0.2) is 58.6 Å². The van der Waals surface area contributed by atoms with Crippen LogP contribution in [0.1, 0.15) is 27.5 Å². The molecule has 0 unspecified atom stereocenters. The molecule has 0 spiro atoms. The molecule has 1 fully saturated rings. The fourth-order valence-electron chi connectivity index (χ4n) is 4.69. The predicted octanol–water partition coefficient (Wildman–Crippen LogP) is 3.24. The average Bonchev–Trinajstić information content (AvgIpc) is 3.35. The number of fused-ring (bicyclic) bond motifs is 1. The standard InChI is InChI=1S/C27H29N3O4S/c31-27(28-25(21-7-2-1-3-8-21)20-29-15-17-34-18-16-29)23-10-6-11-24(19-23)35(32,33)30-14-13-22-9-4-5-12-26(22)30/h1-12,19,25H,13-18,20H2,(H,28,31)/t25-/m1/s1. The van der Waals surface area contributed by atoms with Crippen molar-refractivity contribution in [3.05, 3.63) is 95.6 Å². The van der Waals surface area contributed by atoms with E-state index in [1.165, 1.54) is 10.4 Å². The van der Waals surface area contributed by atoms with Crippen molar-refractivity contribution in [2.45, 2.75) is 17.4 Å². The minimum atomic E-state index is -3.78. The van der Waals surface area contributed by atoms with E-state index in [1.807, 2.05) is 54.6 Å². The highest BCUT2D eigenvalue weighted by atomic mass is 32.2. The molecule has 7 nitrogen and oxygen atoms in total. The van der Waals surface area contributed by atoms with Crippen molar-refractivity contribution in [3.8, 4) is 0 Å². The maximum atomic E-state index is 13.5. The first-order chi connectivity index (χ1) is 17.0. The number of benzene rings is 3. The predicted molar refractivity (Wildman–Crippen MR) is 135 cm³/mol. The quantitative estimate of drug-likeness (QED) is 0.549. The summed E-state index contributed by atoms with van der Waals surface area (Å²) >= 11 is 0. The molecule has 1 N–H and O–H groups in total. The van der Waals surface area contributed by atoms with E-state index in [1.54, 1.807) is 18.2 Å². The van der Waals surface area contributed by atoms with Crippen LogP contribution in [0.3, 0.4) is 0 Å². The summed E-state index contributed by atoms with van der Waals surface area (Å²) in [6, 6.07) is 23.5. The Morgan fingerprint density at radius 2 is 1.66 bits per heavy atom. The fourth-order valence-corrected chi connectivity index (χ4v) is 6.24. The Morgan fingerprint density at radius 1 is 0.914 bits per heavy atom. The Hall–Kier alpha value is -3.20. The lowest BCUT2D eigenvalue weighted by Gasteiger charge is -2.31. The van der Waals surface area contributed by atoms with E-state index in [0.717, 1.165) is 24.2 Å². The minimum absolute atomic E-state index is 0.117. The number of anilines is 1. The second-order valence-electron chi connectivity index (χ2n) is 8.83. The molecule has 35 heavy (non-hydrogen) atoms. The second kappa shape index (κ2) is 10.2. The molecule has 0 radical (unpaired) electrons. The highest BCUT2D eigenvalue weighted by molar-refractivity contribution is 7.92. The van der Waals surface area contributed by atoms with Gasteiger partial charge in [0.1, 0.15) is 0 Å². The summed E-state index contributed by atoms with van der Waals surface area (Å²) in [4.78, 5) is 15.7. The Morgan fingerprint density at radius 3 is 2.46 bits per heavy atom. The van der Waals surface area contributed by atoms with E-state index in [-0.39, 0.29) is 16.8 Å². The number of carbonyl (C=O) groups excluding carboxylic acids is 1. The average molecular weight is 492 g/mol. The van der Waals surface area contributed by atoms with Gasteiger partial charge in [-0.15, -0.1) is 0 Å². The third-order valence-corrected chi connectivity index (χ3v) is 8.39. The van der Waals surface area contributed by atoms with Crippen molar-refractivity contribution < 1.29 is 17.9 Å². The van der Waals surface area contributed by atoms with Crippen LogP contribution >= 0.6 is 0 Å². The SMILES string of the molecule is O=C(N[C@H](CN1CCOCC1)c1ccccc1)c1cccc(S(=O)(=O)N2CCc3ccccc32)c1. The van der Waals surface area contributed by atoms with Gasteiger partial charge in [0.15, 0.2) is 0 Å². The van der Waals surface area contributed by atoms with Gasteiger partial charge in [0.05, 0.1) is 29.8 Å². The molecule has 0 aliphatic carbocycles. The van der Waals surface area contributed by atoms with Crippen molar-refractivity contribution in [1.82, 2.24) is 10.2 Å². The Balaban J connectivity index is 1.37. The molecule has 0 bridgehead atoms. The lowest BCUT2D eigenvalue weighted by molar-refractivity contribution is 0.0332. The van der Waals surface area contributed by atoms with Crippen LogP contribution in [0.15, 0.2) is 83.8 Å². The number of hydrogen-bond donors (Lipinski definition) is 1. The smallest absolute Gasteiger partial charge is 0.264 e. The van der Waals surface area contributed by atoms with Crippen LogP contribution < -0.4 is 9.62 Å². The van der Waals surface area contributed by atoms with Crippen molar-refractivity contribution in [2.24, 2.45) is 0 Å². The summed E-state index contributed by atoms with van der Waals surface area (Å²) in [7, 11) is -3.78. The van der Waals surface area contributed by atoms with Crippen LogP contribution in [0, 0.1) is 0 Å². The number of rotatable bonds is 7. The molecule has 1 amide bonds. The highest BCUT2D eigenvalue weighted by Gasteiger charge is 2.31. The zero-order chi connectivity index (χ0) is 24.3. The fraction of sp³-hybridized carbons (Fsp3) is 0.296. The maximum absolute atomic E-state index is 13.5. The minimum Gasteiger partial charge on any atom is -0.379 e. The van der Waals surface area contributed by atoms with Gasteiger partial charge < -0.3 is 10.1 Å². The first kappa shape index (κ1) is 23.5. The first-order valence-corrected chi connectivity index (χ1v) is 13.3. The molecule has 2 aliphatic heterocycles. The van der Waals surface area contributed by atoms with Gasteiger partial charge in [-0.2, -0.15) is 0 Å². The molecular weight excluding hydrogens is 462 g/mol. The van der Waals surface area contributed by atoms with Crippen molar-refractivity contribution in [3.63, 3.8) is 0 Å². The number of nitrogens with one attached hydrogen (secondary N) is 1. The van der Waals surface area contributed by atoms with E-state index in [0.29, 0.717) is 44.0 Å². The third-order valence-electron chi connectivity index (χ3n) is 6.58. The van der Waals surface area contributed by atoms with Gasteiger partial charge in [0.25, 0.3) is 15.9 Å². The molecule has 1 saturated heterocycles. The summed E-state index contributed by atoms with van der Waals surface area (Å²) in [5, 5.41) is 3.13. The topological polar surface area (TPSA) is 79.0 Å². The lowest BCUT2D eigenvalue weighted by Crippen LogP contribution is -2.43. The Labute approximate surface area is 206 Å². The largest absolute Gasteiger partial charge is 0.379 e. The van der Waals surface area contributed by atoms with E-state index in [2.05, 4.69) is 10.2 Å². The lowest BCUT2D eigenvalue weighted by atomic mass is 10.1. The van der Waals surface area contributed by atoms with Gasteiger partial charge in [-0.05, 0) is 41.8 Å². The van der Waals surface area contributed by atoms with Crippen molar-refractivity contribution in [1.29, 1.82) is 0 Å². The molecule has 2 aliphatic rings. The molecule has 1 atom stereocenters. The molecule has 5 rings (SSSR count). The van der Waals surface area contributed by atoms with E-state index in [4.69, 9.17) is 4.74 Å². The van der Waals surface area contributed by atoms with Gasteiger partial charge >= 0.3 is 0 Å². The molecule has 0 aromatic heterocycles. The number of carbonyl (C=O) groups is 1.